The molecule has 3 aromatic rings. The molecule has 0 aliphatic carbocycles. The molecule has 0 fully saturated rings. The molecule has 0 aromatic heterocycles. The first-order chi connectivity index (χ1) is 16.0. The Balaban J connectivity index is 1.60. The molecule has 0 bridgehead atoms. The molecule has 0 aliphatic heterocycles. The number of amides is 1. The minimum atomic E-state index is -0.284. The molecule has 1 N–H and O–H groups in total. The highest BCUT2D eigenvalue weighted by molar-refractivity contribution is 9.10. The molecule has 3 rings (SSSR count). The van der Waals surface area contributed by atoms with Gasteiger partial charge >= 0.3 is 0 Å². The number of aryl methyl sites for hydroxylation is 1. The van der Waals surface area contributed by atoms with Gasteiger partial charge in [-0.1, -0.05) is 41.1 Å². The first kappa shape index (κ1) is 23.8. The molecule has 3 aromatic carbocycles. The van der Waals surface area contributed by atoms with Crippen LogP contribution in [0.25, 0.3) is 0 Å². The fourth-order valence-corrected chi connectivity index (χ4v) is 3.28. The summed E-state index contributed by atoms with van der Waals surface area (Å²) >= 11 is 3.47. The van der Waals surface area contributed by atoms with E-state index in [1.54, 1.807) is 24.3 Å². The molecule has 1 amide bonds. The van der Waals surface area contributed by atoms with Crippen LogP contribution >= 0.6 is 15.9 Å². The van der Waals surface area contributed by atoms with Gasteiger partial charge < -0.3 is 19.6 Å². The monoisotopic (exact) mass is 507 g/mol. The number of nitriles is 1. The molecule has 168 valence electrons. The normalized spacial score (nSPS) is 10.5. The van der Waals surface area contributed by atoms with E-state index >= 15 is 0 Å². The Kier molecular flexibility index (Phi) is 8.44. The Morgan fingerprint density at radius 1 is 1.15 bits per heavy atom. The molecule has 7 nitrogen and oxygen atoms in total. The van der Waals surface area contributed by atoms with E-state index in [1.165, 1.54) is 13.3 Å². The molecule has 0 aliphatic rings. The molecule has 0 saturated heterocycles. The van der Waals surface area contributed by atoms with Gasteiger partial charge in [0.2, 0.25) is 0 Å². The van der Waals surface area contributed by atoms with Crippen LogP contribution in [-0.4, -0.2) is 25.8 Å². The lowest BCUT2D eigenvalue weighted by atomic mass is 10.1. The van der Waals surface area contributed by atoms with Crippen molar-refractivity contribution in [1.82, 2.24) is 0 Å². The minimum Gasteiger partial charge on any atom is -0.493 e. The first-order valence-electron chi connectivity index (χ1n) is 10.0. The summed E-state index contributed by atoms with van der Waals surface area (Å²) in [7, 11) is 1.51. The van der Waals surface area contributed by atoms with Crippen molar-refractivity contribution in [2.24, 2.45) is 5.16 Å². The molecular weight excluding hydrogens is 486 g/mol. The summed E-state index contributed by atoms with van der Waals surface area (Å²) in [6.45, 7) is 1.98. The zero-order valence-electron chi connectivity index (χ0n) is 18.2. The summed E-state index contributed by atoms with van der Waals surface area (Å²) in [4.78, 5) is 17.6. The molecule has 8 heteroatoms. The molecule has 0 atom stereocenters. The maximum Gasteiger partial charge on any atom is 0.262 e. The van der Waals surface area contributed by atoms with Gasteiger partial charge in [0.15, 0.2) is 18.1 Å². The van der Waals surface area contributed by atoms with Crippen LogP contribution < -0.4 is 14.8 Å². The van der Waals surface area contributed by atoms with E-state index in [9.17, 15) is 4.79 Å². The third-order valence-corrected chi connectivity index (χ3v) is 5.29. The van der Waals surface area contributed by atoms with Crippen LogP contribution in [0, 0.1) is 18.3 Å². The van der Waals surface area contributed by atoms with Crippen LogP contribution in [0.1, 0.15) is 22.3 Å². The van der Waals surface area contributed by atoms with Crippen molar-refractivity contribution < 1.29 is 19.1 Å². The van der Waals surface area contributed by atoms with E-state index in [0.717, 1.165) is 11.1 Å². The average Bonchev–Trinajstić information content (AvgIpc) is 2.83. The number of anilines is 1. The fraction of sp³-hybridized carbons (Fsp3) is 0.160. The van der Waals surface area contributed by atoms with Crippen LogP contribution in [0.2, 0.25) is 0 Å². The van der Waals surface area contributed by atoms with Gasteiger partial charge in [0.25, 0.3) is 5.91 Å². The summed E-state index contributed by atoms with van der Waals surface area (Å²) in [5, 5.41) is 15.9. The summed E-state index contributed by atoms with van der Waals surface area (Å²) in [5.74, 6) is 0.566. The predicted octanol–water partition coefficient (Wildman–Crippen LogP) is 5.21. The maximum absolute atomic E-state index is 12.2. The number of oxime groups is 1. The summed E-state index contributed by atoms with van der Waals surface area (Å²) < 4.78 is 11.7. The Morgan fingerprint density at radius 3 is 2.64 bits per heavy atom. The standard InChI is InChI=1S/C25H22BrN3O4/c1-17-7-9-21(10-8-17)29-25(30)16-32-24-12-22(26)20(11-23(24)31-2)14-28-33-15-19-6-4-3-5-18(19)13-27/h3-12,14H,15-16H2,1-2H3,(H,29,30)/b28-14-. The lowest BCUT2D eigenvalue weighted by molar-refractivity contribution is -0.118. The second-order valence-corrected chi connectivity index (χ2v) is 7.86. The van der Waals surface area contributed by atoms with E-state index in [1.807, 2.05) is 43.3 Å². The highest BCUT2D eigenvalue weighted by Crippen LogP contribution is 2.33. The summed E-state index contributed by atoms with van der Waals surface area (Å²) in [6, 6.07) is 20.2. The quantitative estimate of drug-likeness (QED) is 0.317. The highest BCUT2D eigenvalue weighted by atomic mass is 79.9. The number of ether oxygens (including phenoxy) is 2. The van der Waals surface area contributed by atoms with Crippen LogP contribution in [0.3, 0.4) is 0 Å². The first-order valence-corrected chi connectivity index (χ1v) is 10.8. The van der Waals surface area contributed by atoms with Crippen molar-refractivity contribution in [2.45, 2.75) is 13.5 Å². The van der Waals surface area contributed by atoms with Crippen molar-refractivity contribution in [3.63, 3.8) is 0 Å². The zero-order valence-corrected chi connectivity index (χ0v) is 19.8. The van der Waals surface area contributed by atoms with Crippen LogP contribution in [-0.2, 0) is 16.2 Å². The van der Waals surface area contributed by atoms with Crippen LogP contribution in [0.15, 0.2) is 70.3 Å². The number of hydrogen-bond acceptors (Lipinski definition) is 6. The van der Waals surface area contributed by atoms with Gasteiger partial charge in [-0.2, -0.15) is 5.26 Å². The molecular formula is C25H22BrN3O4. The Hall–Kier alpha value is -3.83. The van der Waals surface area contributed by atoms with Crippen molar-refractivity contribution in [3.8, 4) is 17.6 Å². The number of nitrogens with one attached hydrogen (secondary N) is 1. The van der Waals surface area contributed by atoms with Gasteiger partial charge in [-0.3, -0.25) is 4.79 Å². The Bertz CT molecular complexity index is 1190. The number of nitrogens with zero attached hydrogens (tertiary/aromatic N) is 2. The minimum absolute atomic E-state index is 0.173. The number of carbonyl (C=O) groups excluding carboxylic acids is 1. The van der Waals surface area contributed by atoms with Crippen molar-refractivity contribution in [1.29, 1.82) is 5.26 Å². The SMILES string of the molecule is COc1cc(/C=N\OCc2ccccc2C#N)c(Br)cc1OCC(=O)Nc1ccc(C)cc1. The van der Waals surface area contributed by atoms with Crippen LogP contribution in [0.4, 0.5) is 5.69 Å². The lowest BCUT2D eigenvalue weighted by Crippen LogP contribution is -2.20. The second kappa shape index (κ2) is 11.7. The molecule has 0 spiro atoms. The van der Waals surface area contributed by atoms with Crippen molar-refractivity contribution in [3.05, 3.63) is 87.4 Å². The van der Waals surface area contributed by atoms with Crippen molar-refractivity contribution >= 4 is 33.7 Å². The predicted molar refractivity (Wildman–Crippen MR) is 130 cm³/mol. The molecule has 33 heavy (non-hydrogen) atoms. The van der Waals surface area contributed by atoms with Gasteiger partial charge in [-0.15, -0.1) is 0 Å². The largest absolute Gasteiger partial charge is 0.493 e. The number of halogens is 1. The zero-order chi connectivity index (χ0) is 23.6. The van der Waals surface area contributed by atoms with Gasteiger partial charge in [0.1, 0.15) is 6.61 Å². The Morgan fingerprint density at radius 2 is 1.91 bits per heavy atom. The number of rotatable bonds is 9. The topological polar surface area (TPSA) is 92.9 Å². The number of benzene rings is 3. The number of carbonyl (C=O) groups is 1. The maximum atomic E-state index is 12.2. The smallest absolute Gasteiger partial charge is 0.262 e. The van der Waals surface area contributed by atoms with E-state index in [2.05, 4.69) is 32.5 Å². The van der Waals surface area contributed by atoms with E-state index in [-0.39, 0.29) is 19.1 Å². The van der Waals surface area contributed by atoms with Gasteiger partial charge in [0, 0.05) is 21.3 Å². The van der Waals surface area contributed by atoms with Gasteiger partial charge in [0.05, 0.1) is 25.0 Å². The molecule has 0 radical (unpaired) electrons. The average molecular weight is 508 g/mol. The van der Waals surface area contributed by atoms with E-state index in [0.29, 0.717) is 32.8 Å². The van der Waals surface area contributed by atoms with Crippen LogP contribution in [0.5, 0.6) is 11.5 Å². The molecule has 0 heterocycles. The van der Waals surface area contributed by atoms with Crippen molar-refractivity contribution in [2.75, 3.05) is 19.0 Å². The summed E-state index contributed by atoms with van der Waals surface area (Å²) in [6.07, 6.45) is 1.52. The summed E-state index contributed by atoms with van der Waals surface area (Å²) in [5.41, 5.74) is 3.80. The lowest BCUT2D eigenvalue weighted by Gasteiger charge is -2.13. The molecule has 0 unspecified atom stereocenters. The third-order valence-electron chi connectivity index (χ3n) is 4.60. The van der Waals surface area contributed by atoms with E-state index < -0.39 is 0 Å². The Labute approximate surface area is 200 Å². The highest BCUT2D eigenvalue weighted by Gasteiger charge is 2.12. The third kappa shape index (κ3) is 6.82. The fourth-order valence-electron chi connectivity index (χ4n) is 2.86. The van der Waals surface area contributed by atoms with E-state index in [4.69, 9.17) is 19.6 Å². The van der Waals surface area contributed by atoms with Gasteiger partial charge in [-0.05, 0) is 53.2 Å². The molecule has 0 saturated carbocycles. The second-order valence-electron chi connectivity index (χ2n) is 7.00. The van der Waals surface area contributed by atoms with Gasteiger partial charge in [-0.25, -0.2) is 0 Å². The number of methoxy groups -OCH3 is 1. The number of hydrogen-bond donors (Lipinski definition) is 1.